The summed E-state index contributed by atoms with van der Waals surface area (Å²) in [6, 6.07) is 0. The van der Waals surface area contributed by atoms with Gasteiger partial charge in [-0.2, -0.15) is 0 Å². The highest BCUT2D eigenvalue weighted by molar-refractivity contribution is 5.77. The van der Waals surface area contributed by atoms with Crippen LogP contribution in [0, 0.1) is 45.8 Å². The summed E-state index contributed by atoms with van der Waals surface area (Å²) in [6.45, 7) is 26.3. The molecule has 0 heterocycles. The fraction of sp³-hybridized carbons (Fsp3) is 0.810. The molecule has 5 unspecified atom stereocenters. The summed E-state index contributed by atoms with van der Waals surface area (Å²) in [5.74, 6) is -2.34. The summed E-state index contributed by atoms with van der Waals surface area (Å²) in [7, 11) is 0. The van der Waals surface area contributed by atoms with Crippen molar-refractivity contribution >= 4 is 71.6 Å². The zero-order chi connectivity index (χ0) is 67.6. The minimum Gasteiger partial charge on any atom is -0.466 e. The third-order valence-electron chi connectivity index (χ3n) is 15.1. The maximum atomic E-state index is 12.0. The molecule has 0 saturated heterocycles. The molecule has 0 aromatic rings. The molecule has 0 aliphatic heterocycles. The highest BCUT2D eigenvalue weighted by Crippen LogP contribution is 2.64. The number of hydrogen-bond donors (Lipinski definition) is 0. The van der Waals surface area contributed by atoms with Crippen LogP contribution in [0.5, 0.6) is 0 Å². The van der Waals surface area contributed by atoms with Gasteiger partial charge in [0.15, 0.2) is 13.2 Å². The summed E-state index contributed by atoms with van der Waals surface area (Å²) in [6.07, 6.45) is 12.7. The van der Waals surface area contributed by atoms with Crippen molar-refractivity contribution in [1.29, 1.82) is 0 Å². The monoisotopic (exact) mass is 1270 g/mol. The van der Waals surface area contributed by atoms with Gasteiger partial charge in [0.25, 0.3) is 0 Å². The molecule has 26 heteroatoms. The van der Waals surface area contributed by atoms with Crippen LogP contribution in [0.2, 0.25) is 0 Å². The molecule has 0 aromatic heterocycles. The van der Waals surface area contributed by atoms with E-state index < -0.39 is 35.3 Å². The van der Waals surface area contributed by atoms with E-state index in [2.05, 4.69) is 23.7 Å². The van der Waals surface area contributed by atoms with Gasteiger partial charge in [0.05, 0.1) is 63.2 Å². The van der Waals surface area contributed by atoms with E-state index >= 15 is 0 Å². The number of carbonyl (C=O) groups excluding carboxylic acids is 12. The molecule has 26 nitrogen and oxygen atoms in total. The van der Waals surface area contributed by atoms with Crippen molar-refractivity contribution in [2.45, 2.75) is 192 Å². The highest BCUT2D eigenvalue weighted by atomic mass is 16.6. The molecule has 8 aliphatic carbocycles. The van der Waals surface area contributed by atoms with Crippen molar-refractivity contribution in [2.75, 3.05) is 92.5 Å². The van der Waals surface area contributed by atoms with Crippen LogP contribution in [0.3, 0.4) is 0 Å². The molecular weight excluding hydrogens is 1170 g/mol. The number of ether oxygens (including phenoxy) is 14. The van der Waals surface area contributed by atoms with E-state index in [0.29, 0.717) is 76.5 Å². The Hall–Kier alpha value is -6.44. The first-order valence-electron chi connectivity index (χ1n) is 30.7. The zero-order valence-corrected chi connectivity index (χ0v) is 55.4. The second-order valence-corrected chi connectivity index (χ2v) is 24.1. The van der Waals surface area contributed by atoms with Crippen molar-refractivity contribution in [3.8, 4) is 0 Å². The first-order valence-corrected chi connectivity index (χ1v) is 30.7. The van der Waals surface area contributed by atoms with Crippen molar-refractivity contribution in [2.24, 2.45) is 45.8 Å². The lowest BCUT2D eigenvalue weighted by atomic mass is 9.48. The van der Waals surface area contributed by atoms with Crippen LogP contribution in [0.4, 0.5) is 0 Å². The Morgan fingerprint density at radius 2 is 0.775 bits per heavy atom. The van der Waals surface area contributed by atoms with Gasteiger partial charge in [-0.1, -0.05) is 0 Å². The molecule has 0 aromatic carbocycles. The van der Waals surface area contributed by atoms with E-state index in [0.717, 1.165) is 64.2 Å². The third-order valence-corrected chi connectivity index (χ3v) is 15.1. The van der Waals surface area contributed by atoms with E-state index in [-0.39, 0.29) is 109 Å². The highest BCUT2D eigenvalue weighted by Gasteiger charge is 2.61. The van der Waals surface area contributed by atoms with Gasteiger partial charge in [0, 0.05) is 59.0 Å². The molecule has 510 valence electrons. The van der Waals surface area contributed by atoms with E-state index in [4.69, 9.17) is 42.6 Å². The molecule has 89 heavy (non-hydrogen) atoms. The van der Waals surface area contributed by atoms with Gasteiger partial charge < -0.3 is 66.3 Å². The number of carbonyl (C=O) groups is 12. The lowest BCUT2D eigenvalue weighted by molar-refractivity contribution is -0.213. The van der Waals surface area contributed by atoms with Crippen molar-refractivity contribution in [1.82, 2.24) is 0 Å². The van der Waals surface area contributed by atoms with E-state index in [1.807, 2.05) is 6.92 Å². The lowest BCUT2D eigenvalue weighted by Crippen LogP contribution is -2.59. The Morgan fingerprint density at radius 3 is 1.15 bits per heavy atom. The average molecular weight is 1280 g/mol. The van der Waals surface area contributed by atoms with Crippen LogP contribution in [0.15, 0.2) is 0 Å². The van der Waals surface area contributed by atoms with Gasteiger partial charge in [-0.15, -0.1) is 0 Å². The second kappa shape index (κ2) is 40.3. The molecule has 0 spiro atoms. The second-order valence-electron chi connectivity index (χ2n) is 24.1. The fourth-order valence-corrected chi connectivity index (χ4v) is 12.7. The summed E-state index contributed by atoms with van der Waals surface area (Å²) in [5, 5.41) is 0. The summed E-state index contributed by atoms with van der Waals surface area (Å²) >= 11 is 0. The molecular formula is C63H102O26. The molecule has 8 aliphatic rings. The Bertz CT molecular complexity index is 2250. The normalized spacial score (nSPS) is 24.3. The molecule has 5 atom stereocenters. The number of rotatable bonds is 26. The topological polar surface area (TPSA) is 334 Å². The van der Waals surface area contributed by atoms with Gasteiger partial charge in [-0.05, 0) is 163 Å². The van der Waals surface area contributed by atoms with Gasteiger partial charge in [-0.3, -0.25) is 38.4 Å². The summed E-state index contributed by atoms with van der Waals surface area (Å²) in [4.78, 5) is 130. The summed E-state index contributed by atoms with van der Waals surface area (Å²) in [5.41, 5.74) is -1.25. The maximum absolute atomic E-state index is 12.0. The Balaban J connectivity index is 0.000000554. The Kier molecular flexibility index (Phi) is 36.5. The Labute approximate surface area is 524 Å². The smallest absolute Gasteiger partial charge is 0.344 e. The van der Waals surface area contributed by atoms with E-state index in [1.165, 1.54) is 54.4 Å². The standard InChI is InChI=1S/2C17H26O5.C9H16O4.C8H14O4.2C6H10O4/c1-3-20-15(19)9-22-17-7-13-4-14(8-17)6-16(5-13,10-17)11-21-12(2)18;1-3-20-9-15(19)22-17-7-13-4-14(8-17)6-16(5-13,10-17)11-21-12(2)18;1-5-12-8(11)9(3,4)6-13-7(2)10;1-4-11-8(10)6(2)5-12-7(3)9;2*1-3-9-6(8)4-10-5(2)7/h2*13-14H,3-11H2,1-2H3;5-6H2,1-4H3;6H,4-5H2,1-3H3;2*3-4H2,1-2H3. The van der Waals surface area contributed by atoms with Crippen LogP contribution in [-0.2, 0) is 124 Å². The van der Waals surface area contributed by atoms with Crippen LogP contribution < -0.4 is 0 Å². The Morgan fingerprint density at radius 1 is 0.404 bits per heavy atom. The predicted molar refractivity (Wildman–Crippen MR) is 314 cm³/mol. The van der Waals surface area contributed by atoms with E-state index in [1.54, 1.807) is 55.4 Å². The average Bonchev–Trinajstić information content (AvgIpc) is 0.775. The third kappa shape index (κ3) is 32.2. The SMILES string of the molecule is CCOC(=O)C(C)(C)COC(C)=O.CCOC(=O)C(C)COC(C)=O.CCOC(=O)COC(C)=O.CCOC(=O)COC(C)=O.CCOC(=O)COC12CC3CC(CC(COC(C)=O)(C3)C1)C2.CCOCC(=O)OC12CC3CC(CC(COC(C)=O)(C3)C1)C2. The minimum absolute atomic E-state index is 0.0155. The van der Waals surface area contributed by atoms with E-state index in [9.17, 15) is 57.5 Å². The van der Waals surface area contributed by atoms with Crippen LogP contribution in [-0.4, -0.2) is 175 Å². The molecule has 0 amide bonds. The van der Waals surface area contributed by atoms with Gasteiger partial charge in [-0.25, -0.2) is 19.2 Å². The van der Waals surface area contributed by atoms with Crippen molar-refractivity contribution in [3.63, 3.8) is 0 Å². The van der Waals surface area contributed by atoms with Crippen molar-refractivity contribution in [3.05, 3.63) is 0 Å². The van der Waals surface area contributed by atoms with Gasteiger partial charge in [0.2, 0.25) is 0 Å². The largest absolute Gasteiger partial charge is 0.466 e. The molecule has 0 N–H and O–H groups in total. The molecule has 8 bridgehead atoms. The lowest BCUT2D eigenvalue weighted by Gasteiger charge is -2.61. The minimum atomic E-state index is -0.762. The molecule has 8 rings (SSSR count). The van der Waals surface area contributed by atoms with Crippen molar-refractivity contribution < 1.29 is 124 Å². The van der Waals surface area contributed by atoms with Crippen LogP contribution in [0.1, 0.15) is 181 Å². The number of hydrogen-bond acceptors (Lipinski definition) is 26. The molecule has 0 radical (unpaired) electrons. The molecule has 8 saturated carbocycles. The van der Waals surface area contributed by atoms with Crippen LogP contribution in [0.25, 0.3) is 0 Å². The first kappa shape index (κ1) is 80.6. The van der Waals surface area contributed by atoms with Gasteiger partial charge >= 0.3 is 71.6 Å². The predicted octanol–water partition coefficient (Wildman–Crippen LogP) is 7.05. The van der Waals surface area contributed by atoms with Gasteiger partial charge in [0.1, 0.15) is 32.0 Å². The summed E-state index contributed by atoms with van der Waals surface area (Å²) < 4.78 is 69.3. The first-order chi connectivity index (χ1) is 41.7. The quantitative estimate of drug-likeness (QED) is 0.0618. The fourth-order valence-electron chi connectivity index (χ4n) is 12.7. The zero-order valence-electron chi connectivity index (χ0n) is 55.4. The molecule has 8 fully saturated rings. The maximum Gasteiger partial charge on any atom is 0.344 e. The number of esters is 12. The van der Waals surface area contributed by atoms with Crippen LogP contribution >= 0.6 is 0 Å².